The lowest BCUT2D eigenvalue weighted by Gasteiger charge is -2.16. The van der Waals surface area contributed by atoms with E-state index >= 15 is 0 Å². The van der Waals surface area contributed by atoms with E-state index in [2.05, 4.69) is 0 Å². The van der Waals surface area contributed by atoms with Gasteiger partial charge in [-0.05, 0) is 85.0 Å². The fourth-order valence-electron chi connectivity index (χ4n) is 3.99. The van der Waals surface area contributed by atoms with Crippen LogP contribution in [0.15, 0.2) is 84.9 Å². The van der Waals surface area contributed by atoms with Crippen molar-refractivity contribution >= 4 is 5.97 Å². The quantitative estimate of drug-likeness (QED) is 0.260. The summed E-state index contributed by atoms with van der Waals surface area (Å²) >= 11 is 0. The Morgan fingerprint density at radius 1 is 0.811 bits per heavy atom. The third-order valence-corrected chi connectivity index (χ3v) is 5.80. The summed E-state index contributed by atoms with van der Waals surface area (Å²) in [5.74, 6) is 0.931. The molecule has 0 saturated carbocycles. The van der Waals surface area contributed by atoms with Crippen molar-refractivity contribution in [2.75, 3.05) is 0 Å². The van der Waals surface area contributed by atoms with Crippen LogP contribution in [0.2, 0.25) is 0 Å². The molecular weight excluding hydrogens is 481 g/mol. The Labute approximate surface area is 212 Å². The second-order valence-electron chi connectivity index (χ2n) is 8.74. The Morgan fingerprint density at radius 3 is 2.16 bits per heavy atom. The summed E-state index contributed by atoms with van der Waals surface area (Å²) in [6.45, 7) is 3.76. The molecule has 0 heterocycles. The van der Waals surface area contributed by atoms with Crippen LogP contribution in [0.1, 0.15) is 28.7 Å². The number of aliphatic carboxylic acids is 1. The number of carboxylic acid groups (broad SMARTS) is 1. The fourth-order valence-corrected chi connectivity index (χ4v) is 3.99. The first-order chi connectivity index (χ1) is 17.6. The van der Waals surface area contributed by atoms with Crippen LogP contribution >= 0.6 is 0 Å². The molecule has 0 fully saturated rings. The van der Waals surface area contributed by atoms with Gasteiger partial charge in [0.2, 0.25) is 0 Å². The van der Waals surface area contributed by atoms with Crippen molar-refractivity contribution in [2.45, 2.75) is 32.9 Å². The highest BCUT2D eigenvalue weighted by Gasteiger charge is 2.31. The number of benzene rings is 4. The van der Waals surface area contributed by atoms with E-state index in [1.807, 2.05) is 32.0 Å². The summed E-state index contributed by atoms with van der Waals surface area (Å²) in [6, 6.07) is 22.9. The summed E-state index contributed by atoms with van der Waals surface area (Å²) in [7, 11) is 0. The summed E-state index contributed by atoms with van der Waals surface area (Å²) < 4.78 is 52.3. The lowest BCUT2D eigenvalue weighted by atomic mass is 10.0. The van der Waals surface area contributed by atoms with Crippen molar-refractivity contribution in [1.29, 1.82) is 0 Å². The monoisotopic (exact) mass is 506 g/mol. The van der Waals surface area contributed by atoms with Gasteiger partial charge in [-0.25, -0.2) is 0 Å². The molecule has 4 aromatic rings. The number of halogens is 3. The SMILES string of the molecule is Cc1cc(Oc2ccc(CCC(=O)O)c(C)c2)cc(Oc2ccc(C(F)(F)F)cc2-c2ccccc2)c1. The number of hydrogen-bond donors (Lipinski definition) is 1. The van der Waals surface area contributed by atoms with Gasteiger partial charge in [-0.2, -0.15) is 13.2 Å². The molecule has 0 unspecified atom stereocenters. The van der Waals surface area contributed by atoms with Gasteiger partial charge in [0.25, 0.3) is 0 Å². The molecule has 190 valence electrons. The molecule has 37 heavy (non-hydrogen) atoms. The number of ether oxygens (including phenoxy) is 2. The molecule has 0 aromatic heterocycles. The molecule has 4 rings (SSSR count). The molecule has 0 amide bonds. The van der Waals surface area contributed by atoms with Crippen LogP contribution in [0.5, 0.6) is 23.0 Å². The van der Waals surface area contributed by atoms with Crippen LogP contribution in [0.4, 0.5) is 13.2 Å². The second kappa shape index (κ2) is 10.8. The van der Waals surface area contributed by atoms with E-state index in [0.717, 1.165) is 28.8 Å². The Hall–Kier alpha value is -4.26. The zero-order chi connectivity index (χ0) is 26.6. The zero-order valence-electron chi connectivity index (χ0n) is 20.3. The first-order valence-corrected chi connectivity index (χ1v) is 11.6. The lowest BCUT2D eigenvalue weighted by Crippen LogP contribution is -2.05. The molecule has 4 aromatic carbocycles. The first-order valence-electron chi connectivity index (χ1n) is 11.6. The van der Waals surface area contributed by atoms with Crippen LogP contribution in [0.25, 0.3) is 11.1 Å². The smallest absolute Gasteiger partial charge is 0.416 e. The molecule has 1 N–H and O–H groups in total. The number of carboxylic acids is 1. The maximum Gasteiger partial charge on any atom is 0.416 e. The van der Waals surface area contributed by atoms with Gasteiger partial charge in [0.15, 0.2) is 0 Å². The first kappa shape index (κ1) is 25.8. The third kappa shape index (κ3) is 6.70. The Kier molecular flexibility index (Phi) is 7.53. The van der Waals surface area contributed by atoms with E-state index < -0.39 is 17.7 Å². The second-order valence-corrected chi connectivity index (χ2v) is 8.74. The topological polar surface area (TPSA) is 55.8 Å². The molecule has 0 aliphatic heterocycles. The van der Waals surface area contributed by atoms with Crippen molar-refractivity contribution in [3.8, 4) is 34.1 Å². The molecule has 7 heteroatoms. The van der Waals surface area contributed by atoms with Crippen molar-refractivity contribution in [3.63, 3.8) is 0 Å². The fraction of sp³-hybridized carbons (Fsp3) is 0.167. The highest BCUT2D eigenvalue weighted by atomic mass is 19.4. The van der Waals surface area contributed by atoms with Gasteiger partial charge in [-0.3, -0.25) is 4.79 Å². The molecule has 0 aliphatic rings. The Morgan fingerprint density at radius 2 is 1.51 bits per heavy atom. The molecule has 0 atom stereocenters. The molecule has 0 radical (unpaired) electrons. The van der Waals surface area contributed by atoms with E-state index in [-0.39, 0.29) is 12.2 Å². The minimum absolute atomic E-state index is 0.0501. The van der Waals surface area contributed by atoms with Gasteiger partial charge < -0.3 is 14.6 Å². The Balaban J connectivity index is 1.61. The molecule has 0 aliphatic carbocycles. The lowest BCUT2D eigenvalue weighted by molar-refractivity contribution is -0.138. The van der Waals surface area contributed by atoms with Crippen LogP contribution < -0.4 is 9.47 Å². The van der Waals surface area contributed by atoms with E-state index in [1.165, 1.54) is 6.07 Å². The predicted molar refractivity (Wildman–Crippen MR) is 135 cm³/mol. The predicted octanol–water partition coefficient (Wildman–Crippen LogP) is 8.59. The van der Waals surface area contributed by atoms with Gasteiger partial charge in [0.05, 0.1) is 5.56 Å². The van der Waals surface area contributed by atoms with Gasteiger partial charge in [0.1, 0.15) is 23.0 Å². The standard InChI is InChI=1S/C30H25F3O4/c1-19-14-25(36-24-11-8-21(20(2)16-24)9-13-29(34)35)18-26(15-19)37-28-12-10-23(30(31,32)33)17-27(28)22-6-4-3-5-7-22/h3-8,10-12,14-18H,9,13H2,1-2H3,(H,34,35). The minimum atomic E-state index is -4.48. The van der Waals surface area contributed by atoms with Crippen LogP contribution in [-0.2, 0) is 17.4 Å². The number of rotatable bonds is 8. The molecule has 0 spiro atoms. The summed E-state index contributed by atoms with van der Waals surface area (Å²) in [4.78, 5) is 10.9. The maximum absolute atomic E-state index is 13.4. The van der Waals surface area contributed by atoms with Gasteiger partial charge in [0, 0.05) is 18.1 Å². The number of alkyl halides is 3. The average Bonchev–Trinajstić information content (AvgIpc) is 2.83. The number of hydrogen-bond acceptors (Lipinski definition) is 3. The largest absolute Gasteiger partial charge is 0.481 e. The van der Waals surface area contributed by atoms with Crippen LogP contribution in [0, 0.1) is 13.8 Å². The Bertz CT molecular complexity index is 1410. The van der Waals surface area contributed by atoms with Crippen LogP contribution in [-0.4, -0.2) is 11.1 Å². The van der Waals surface area contributed by atoms with Crippen molar-refractivity contribution in [1.82, 2.24) is 0 Å². The number of aryl methyl sites for hydroxylation is 3. The highest BCUT2D eigenvalue weighted by molar-refractivity contribution is 5.72. The van der Waals surface area contributed by atoms with Crippen molar-refractivity contribution < 1.29 is 32.5 Å². The number of carbonyl (C=O) groups is 1. The molecule has 0 bridgehead atoms. The maximum atomic E-state index is 13.4. The van der Waals surface area contributed by atoms with Crippen molar-refractivity contribution in [2.24, 2.45) is 0 Å². The minimum Gasteiger partial charge on any atom is -0.481 e. The van der Waals surface area contributed by atoms with Gasteiger partial charge >= 0.3 is 12.1 Å². The summed E-state index contributed by atoms with van der Waals surface area (Å²) in [5, 5.41) is 8.92. The van der Waals surface area contributed by atoms with Gasteiger partial charge in [-0.15, -0.1) is 0 Å². The average molecular weight is 507 g/mol. The van der Waals surface area contributed by atoms with E-state index in [4.69, 9.17) is 14.6 Å². The normalized spacial score (nSPS) is 11.3. The van der Waals surface area contributed by atoms with E-state index in [9.17, 15) is 18.0 Å². The van der Waals surface area contributed by atoms with E-state index in [1.54, 1.807) is 48.5 Å². The molecule has 4 nitrogen and oxygen atoms in total. The summed E-state index contributed by atoms with van der Waals surface area (Å²) in [6.07, 6.45) is -4.00. The third-order valence-electron chi connectivity index (χ3n) is 5.80. The van der Waals surface area contributed by atoms with Gasteiger partial charge in [-0.1, -0.05) is 36.4 Å². The molecular formula is C30H25F3O4. The van der Waals surface area contributed by atoms with Crippen LogP contribution in [0.3, 0.4) is 0 Å². The zero-order valence-corrected chi connectivity index (χ0v) is 20.3. The highest BCUT2D eigenvalue weighted by Crippen LogP contribution is 2.40. The van der Waals surface area contributed by atoms with E-state index in [0.29, 0.717) is 34.8 Å². The molecule has 0 saturated heterocycles. The summed E-state index contributed by atoms with van der Waals surface area (Å²) in [5.41, 5.74) is 2.86. The van der Waals surface area contributed by atoms with Crippen molar-refractivity contribution in [3.05, 3.63) is 107 Å².